The number of nitrogens with one attached hydrogen (secondary N) is 1. The van der Waals surface area contributed by atoms with E-state index in [2.05, 4.69) is 10.4 Å². The number of rotatable bonds is 3. The number of nitrogens with zero attached hydrogens (tertiary/aromatic N) is 2. The summed E-state index contributed by atoms with van der Waals surface area (Å²) >= 11 is 0. The zero-order valence-corrected chi connectivity index (χ0v) is 10.4. The predicted molar refractivity (Wildman–Crippen MR) is 63.8 cm³/mol. The van der Waals surface area contributed by atoms with Crippen LogP contribution in [0.1, 0.15) is 22.9 Å². The molecule has 4 nitrogen and oxygen atoms in total. The van der Waals surface area contributed by atoms with Gasteiger partial charge in [0.1, 0.15) is 5.82 Å². The Hall–Kier alpha value is -1.93. The summed E-state index contributed by atoms with van der Waals surface area (Å²) in [5, 5.41) is 0. The molecule has 0 amide bonds. The van der Waals surface area contributed by atoms with Gasteiger partial charge >= 0.3 is 6.18 Å². The number of aromatic nitrogens is 2. The molecule has 0 bridgehead atoms. The first-order valence-corrected chi connectivity index (χ1v) is 5.63. The number of aryl methyl sites for hydroxylation is 1. The standard InChI is InChI=1S/C12H12F4N4/c1-20-6-18-5-10(20)11(19-17)7-2-3-8(9(13)4-7)12(14,15)16/h2-6,11,19H,17H2,1H3. The van der Waals surface area contributed by atoms with E-state index in [9.17, 15) is 17.6 Å². The van der Waals surface area contributed by atoms with Crippen LogP contribution in [-0.2, 0) is 13.2 Å². The van der Waals surface area contributed by atoms with E-state index in [-0.39, 0.29) is 5.56 Å². The topological polar surface area (TPSA) is 55.9 Å². The molecule has 1 aromatic carbocycles. The van der Waals surface area contributed by atoms with E-state index < -0.39 is 23.6 Å². The number of imidazole rings is 1. The van der Waals surface area contributed by atoms with Gasteiger partial charge in [-0.3, -0.25) is 5.84 Å². The van der Waals surface area contributed by atoms with Crippen LogP contribution in [0, 0.1) is 5.82 Å². The minimum absolute atomic E-state index is 0.279. The Morgan fingerprint density at radius 2 is 2.05 bits per heavy atom. The van der Waals surface area contributed by atoms with E-state index in [0.29, 0.717) is 11.8 Å². The number of hydrogen-bond acceptors (Lipinski definition) is 3. The third-order valence-corrected chi connectivity index (χ3v) is 2.95. The Kier molecular flexibility index (Phi) is 3.78. The van der Waals surface area contributed by atoms with Gasteiger partial charge in [-0.2, -0.15) is 13.2 Å². The van der Waals surface area contributed by atoms with Crippen LogP contribution in [0.15, 0.2) is 30.7 Å². The molecular weight excluding hydrogens is 276 g/mol. The summed E-state index contributed by atoms with van der Waals surface area (Å²) < 4.78 is 52.7. The van der Waals surface area contributed by atoms with Crippen molar-refractivity contribution in [2.24, 2.45) is 12.9 Å². The SMILES string of the molecule is Cn1cncc1C(NN)c1ccc(C(F)(F)F)c(F)c1. The monoisotopic (exact) mass is 288 g/mol. The molecule has 108 valence electrons. The molecule has 1 aromatic heterocycles. The molecular formula is C12H12F4N4. The van der Waals surface area contributed by atoms with E-state index in [1.807, 2.05) is 0 Å². The van der Waals surface area contributed by atoms with Crippen LogP contribution in [0.3, 0.4) is 0 Å². The summed E-state index contributed by atoms with van der Waals surface area (Å²) in [7, 11) is 1.70. The highest BCUT2D eigenvalue weighted by Crippen LogP contribution is 2.33. The maximum absolute atomic E-state index is 13.6. The second-order valence-electron chi connectivity index (χ2n) is 4.27. The summed E-state index contributed by atoms with van der Waals surface area (Å²) in [6.45, 7) is 0. The minimum Gasteiger partial charge on any atom is -0.336 e. The third kappa shape index (κ3) is 2.66. The molecule has 2 aromatic rings. The van der Waals surface area contributed by atoms with Crippen LogP contribution >= 0.6 is 0 Å². The van der Waals surface area contributed by atoms with Crippen LogP contribution in [0.5, 0.6) is 0 Å². The fourth-order valence-corrected chi connectivity index (χ4v) is 1.94. The Balaban J connectivity index is 2.43. The van der Waals surface area contributed by atoms with Gasteiger partial charge in [0.25, 0.3) is 0 Å². The summed E-state index contributed by atoms with van der Waals surface area (Å²) in [5.74, 6) is 4.07. The van der Waals surface area contributed by atoms with Gasteiger partial charge in [0, 0.05) is 7.05 Å². The van der Waals surface area contributed by atoms with Crippen molar-refractivity contribution in [1.82, 2.24) is 15.0 Å². The zero-order chi connectivity index (χ0) is 14.9. The molecule has 0 saturated heterocycles. The van der Waals surface area contributed by atoms with Gasteiger partial charge in [0.05, 0.1) is 29.8 Å². The van der Waals surface area contributed by atoms with Gasteiger partial charge in [-0.25, -0.2) is 14.8 Å². The van der Waals surface area contributed by atoms with Crippen molar-refractivity contribution < 1.29 is 17.6 Å². The first-order chi connectivity index (χ1) is 9.34. The van der Waals surface area contributed by atoms with Crippen molar-refractivity contribution in [1.29, 1.82) is 0 Å². The van der Waals surface area contributed by atoms with Gasteiger partial charge in [0.15, 0.2) is 0 Å². The average Bonchev–Trinajstić information content (AvgIpc) is 2.75. The van der Waals surface area contributed by atoms with Crippen molar-refractivity contribution in [3.63, 3.8) is 0 Å². The maximum Gasteiger partial charge on any atom is 0.419 e. The van der Waals surface area contributed by atoms with E-state index in [1.165, 1.54) is 18.6 Å². The van der Waals surface area contributed by atoms with Crippen molar-refractivity contribution in [2.75, 3.05) is 0 Å². The lowest BCUT2D eigenvalue weighted by molar-refractivity contribution is -0.140. The van der Waals surface area contributed by atoms with Crippen LogP contribution < -0.4 is 11.3 Å². The first-order valence-electron chi connectivity index (χ1n) is 5.63. The fourth-order valence-electron chi connectivity index (χ4n) is 1.94. The summed E-state index contributed by atoms with van der Waals surface area (Å²) in [4.78, 5) is 3.89. The van der Waals surface area contributed by atoms with Crippen molar-refractivity contribution >= 4 is 0 Å². The smallest absolute Gasteiger partial charge is 0.336 e. The first kappa shape index (κ1) is 14.5. The third-order valence-electron chi connectivity index (χ3n) is 2.95. The van der Waals surface area contributed by atoms with Crippen LogP contribution in [0.25, 0.3) is 0 Å². The highest BCUT2D eigenvalue weighted by atomic mass is 19.4. The minimum atomic E-state index is -4.72. The second kappa shape index (κ2) is 5.22. The molecule has 0 aliphatic carbocycles. The van der Waals surface area contributed by atoms with Crippen LogP contribution in [-0.4, -0.2) is 9.55 Å². The predicted octanol–water partition coefficient (Wildman–Crippen LogP) is 2.13. The number of halogens is 4. The molecule has 8 heteroatoms. The van der Waals surface area contributed by atoms with Gasteiger partial charge in [0.2, 0.25) is 0 Å². The Morgan fingerprint density at radius 1 is 1.35 bits per heavy atom. The Bertz CT molecular complexity index is 606. The fraction of sp³-hybridized carbons (Fsp3) is 0.250. The number of hydrogen-bond donors (Lipinski definition) is 2. The molecule has 0 fully saturated rings. The summed E-state index contributed by atoms with van der Waals surface area (Å²) in [6.07, 6.45) is -1.71. The van der Waals surface area contributed by atoms with Gasteiger partial charge in [-0.15, -0.1) is 0 Å². The molecule has 3 N–H and O–H groups in total. The highest BCUT2D eigenvalue weighted by Gasteiger charge is 2.34. The van der Waals surface area contributed by atoms with Crippen molar-refractivity contribution in [3.8, 4) is 0 Å². The van der Waals surface area contributed by atoms with Crippen molar-refractivity contribution in [2.45, 2.75) is 12.2 Å². The van der Waals surface area contributed by atoms with Gasteiger partial charge in [-0.1, -0.05) is 6.07 Å². The molecule has 1 unspecified atom stereocenters. The lowest BCUT2D eigenvalue weighted by Gasteiger charge is -2.18. The molecule has 0 aliphatic rings. The molecule has 20 heavy (non-hydrogen) atoms. The van der Waals surface area contributed by atoms with E-state index in [1.54, 1.807) is 11.6 Å². The lowest BCUT2D eigenvalue weighted by Crippen LogP contribution is -2.30. The van der Waals surface area contributed by atoms with Crippen molar-refractivity contribution in [3.05, 3.63) is 53.4 Å². The number of alkyl halides is 3. The zero-order valence-electron chi connectivity index (χ0n) is 10.4. The largest absolute Gasteiger partial charge is 0.419 e. The van der Waals surface area contributed by atoms with Gasteiger partial charge in [-0.05, 0) is 17.7 Å². The molecule has 1 atom stereocenters. The van der Waals surface area contributed by atoms with E-state index in [0.717, 1.165) is 6.07 Å². The number of nitrogens with two attached hydrogens (primary N) is 1. The molecule has 0 saturated carbocycles. The second-order valence-corrected chi connectivity index (χ2v) is 4.27. The lowest BCUT2D eigenvalue weighted by atomic mass is 10.0. The van der Waals surface area contributed by atoms with E-state index >= 15 is 0 Å². The summed E-state index contributed by atoms with van der Waals surface area (Å²) in [5.41, 5.74) is 2.02. The van der Waals surface area contributed by atoms with Crippen LogP contribution in [0.2, 0.25) is 0 Å². The molecule has 0 spiro atoms. The maximum atomic E-state index is 13.6. The molecule has 0 aliphatic heterocycles. The van der Waals surface area contributed by atoms with Crippen LogP contribution in [0.4, 0.5) is 17.6 Å². The summed E-state index contributed by atoms with van der Waals surface area (Å²) in [6, 6.07) is 2.05. The molecule has 2 rings (SSSR count). The van der Waals surface area contributed by atoms with Gasteiger partial charge < -0.3 is 4.57 Å². The number of benzene rings is 1. The highest BCUT2D eigenvalue weighted by molar-refractivity contribution is 5.32. The Morgan fingerprint density at radius 3 is 2.50 bits per heavy atom. The number of hydrazine groups is 1. The molecule has 1 heterocycles. The quantitative estimate of drug-likeness (QED) is 0.517. The normalized spacial score (nSPS) is 13.5. The van der Waals surface area contributed by atoms with E-state index in [4.69, 9.17) is 5.84 Å². The Labute approximate surface area is 112 Å². The average molecular weight is 288 g/mol. The molecule has 0 radical (unpaired) electrons.